The number of carbonyl (C=O) groups is 1. The van der Waals surface area contributed by atoms with Crippen LogP contribution in [-0.4, -0.2) is 17.2 Å². The van der Waals surface area contributed by atoms with Gasteiger partial charge in [-0.3, -0.25) is 4.79 Å². The van der Waals surface area contributed by atoms with Crippen molar-refractivity contribution in [1.82, 2.24) is 0 Å². The van der Waals surface area contributed by atoms with Crippen LogP contribution in [-0.2, 0) is 4.79 Å². The highest BCUT2D eigenvalue weighted by atomic mass is 32.2. The van der Waals surface area contributed by atoms with E-state index in [1.54, 1.807) is 11.8 Å². The third-order valence-corrected chi connectivity index (χ3v) is 3.03. The maximum Gasteiger partial charge on any atom is 0.226 e. The molecule has 17 heavy (non-hydrogen) atoms. The van der Waals surface area contributed by atoms with E-state index in [2.05, 4.69) is 12.2 Å². The van der Waals surface area contributed by atoms with Crippen molar-refractivity contribution in [3.05, 3.63) is 24.3 Å². The van der Waals surface area contributed by atoms with E-state index in [1.165, 1.54) is 0 Å². The molecule has 0 aliphatic rings. The van der Waals surface area contributed by atoms with Crippen molar-refractivity contribution < 1.29 is 4.79 Å². The van der Waals surface area contributed by atoms with Crippen molar-refractivity contribution in [1.29, 1.82) is 0 Å². The molecule has 0 aromatic heterocycles. The molecule has 1 aromatic rings. The molecule has 0 unspecified atom stereocenters. The highest BCUT2D eigenvalue weighted by Gasteiger charge is 2.17. The standard InChI is InChI=1S/C13H20N2OS/c1-4-17-11-8-6-5-7-10(11)15-12(16)9-13(2,3)14/h5-8H,4,9,14H2,1-3H3,(H,15,16). The third-order valence-electron chi connectivity index (χ3n) is 2.08. The summed E-state index contributed by atoms with van der Waals surface area (Å²) in [6, 6.07) is 7.82. The number of thioether (sulfide) groups is 1. The Hall–Kier alpha value is -1.00. The molecule has 3 N–H and O–H groups in total. The zero-order chi connectivity index (χ0) is 12.9. The van der Waals surface area contributed by atoms with Gasteiger partial charge < -0.3 is 11.1 Å². The lowest BCUT2D eigenvalue weighted by Gasteiger charge is -2.18. The zero-order valence-electron chi connectivity index (χ0n) is 10.6. The average molecular weight is 252 g/mol. The van der Waals surface area contributed by atoms with Crippen molar-refractivity contribution in [2.24, 2.45) is 5.73 Å². The summed E-state index contributed by atoms with van der Waals surface area (Å²) in [6.45, 7) is 5.78. The summed E-state index contributed by atoms with van der Waals surface area (Å²) in [4.78, 5) is 12.9. The van der Waals surface area contributed by atoms with E-state index in [-0.39, 0.29) is 5.91 Å². The normalized spacial score (nSPS) is 11.3. The number of hydrogen-bond donors (Lipinski definition) is 2. The Bertz CT molecular complexity index is 385. The van der Waals surface area contributed by atoms with E-state index in [0.717, 1.165) is 16.3 Å². The van der Waals surface area contributed by atoms with Crippen molar-refractivity contribution >= 4 is 23.4 Å². The van der Waals surface area contributed by atoms with Gasteiger partial charge in [-0.1, -0.05) is 19.1 Å². The highest BCUT2D eigenvalue weighted by Crippen LogP contribution is 2.26. The molecule has 0 saturated carbocycles. The molecule has 0 aliphatic heterocycles. The van der Waals surface area contributed by atoms with Gasteiger partial charge in [0.1, 0.15) is 0 Å². The Morgan fingerprint density at radius 1 is 1.41 bits per heavy atom. The largest absolute Gasteiger partial charge is 0.325 e. The number of anilines is 1. The van der Waals surface area contributed by atoms with Crippen LogP contribution < -0.4 is 11.1 Å². The fraction of sp³-hybridized carbons (Fsp3) is 0.462. The molecule has 0 saturated heterocycles. The topological polar surface area (TPSA) is 55.1 Å². The molecule has 0 atom stereocenters. The summed E-state index contributed by atoms with van der Waals surface area (Å²) >= 11 is 1.72. The lowest BCUT2D eigenvalue weighted by molar-refractivity contribution is -0.117. The molecule has 1 rings (SSSR count). The number of nitrogens with two attached hydrogens (primary N) is 1. The van der Waals surface area contributed by atoms with Gasteiger partial charge in [0.15, 0.2) is 0 Å². The number of hydrogen-bond acceptors (Lipinski definition) is 3. The van der Waals surface area contributed by atoms with Gasteiger partial charge in [0, 0.05) is 16.9 Å². The lowest BCUT2D eigenvalue weighted by Crippen LogP contribution is -2.36. The van der Waals surface area contributed by atoms with Gasteiger partial charge in [0.05, 0.1) is 5.69 Å². The highest BCUT2D eigenvalue weighted by molar-refractivity contribution is 7.99. The first-order chi connectivity index (χ1) is 7.92. The SMILES string of the molecule is CCSc1ccccc1NC(=O)CC(C)(C)N. The van der Waals surface area contributed by atoms with E-state index in [1.807, 2.05) is 38.1 Å². The summed E-state index contributed by atoms with van der Waals surface area (Å²) < 4.78 is 0. The van der Waals surface area contributed by atoms with E-state index in [4.69, 9.17) is 5.73 Å². The minimum absolute atomic E-state index is 0.0401. The first-order valence-electron chi connectivity index (χ1n) is 5.73. The Morgan fingerprint density at radius 3 is 2.65 bits per heavy atom. The van der Waals surface area contributed by atoms with Crippen molar-refractivity contribution in [3.63, 3.8) is 0 Å². The number of rotatable bonds is 5. The van der Waals surface area contributed by atoms with E-state index in [0.29, 0.717) is 6.42 Å². The predicted octanol–water partition coefficient (Wildman–Crippen LogP) is 2.86. The van der Waals surface area contributed by atoms with Gasteiger partial charge in [-0.05, 0) is 31.7 Å². The van der Waals surface area contributed by atoms with Gasteiger partial charge >= 0.3 is 0 Å². The molecule has 3 nitrogen and oxygen atoms in total. The van der Waals surface area contributed by atoms with E-state index >= 15 is 0 Å². The fourth-order valence-corrected chi connectivity index (χ4v) is 2.22. The molecule has 0 aliphatic carbocycles. The van der Waals surface area contributed by atoms with Gasteiger partial charge in [-0.25, -0.2) is 0 Å². The van der Waals surface area contributed by atoms with Crippen LogP contribution in [0.25, 0.3) is 0 Å². The molecular formula is C13H20N2OS. The summed E-state index contributed by atoms with van der Waals surface area (Å²) in [5, 5.41) is 2.91. The summed E-state index contributed by atoms with van der Waals surface area (Å²) in [5.41, 5.74) is 6.21. The lowest BCUT2D eigenvalue weighted by atomic mass is 10.0. The van der Waals surface area contributed by atoms with Crippen LogP contribution in [0.5, 0.6) is 0 Å². The minimum Gasteiger partial charge on any atom is -0.325 e. The van der Waals surface area contributed by atoms with E-state index < -0.39 is 5.54 Å². The van der Waals surface area contributed by atoms with Gasteiger partial charge in [0.25, 0.3) is 0 Å². The summed E-state index contributed by atoms with van der Waals surface area (Å²) in [6.07, 6.45) is 0.318. The number of amides is 1. The Morgan fingerprint density at radius 2 is 2.06 bits per heavy atom. The average Bonchev–Trinajstić information content (AvgIpc) is 2.18. The minimum atomic E-state index is -0.475. The number of para-hydroxylation sites is 1. The molecule has 4 heteroatoms. The molecule has 0 spiro atoms. The third kappa shape index (κ3) is 5.24. The van der Waals surface area contributed by atoms with Crippen LogP contribution in [0.1, 0.15) is 27.2 Å². The first-order valence-corrected chi connectivity index (χ1v) is 6.71. The second-order valence-corrected chi connectivity index (χ2v) is 5.95. The smallest absolute Gasteiger partial charge is 0.226 e. The van der Waals surface area contributed by atoms with Crippen LogP contribution in [0.15, 0.2) is 29.2 Å². The maximum atomic E-state index is 11.8. The zero-order valence-corrected chi connectivity index (χ0v) is 11.4. The Kier molecular flexibility index (Phi) is 5.02. The maximum absolute atomic E-state index is 11.8. The molecule has 0 heterocycles. The molecular weight excluding hydrogens is 232 g/mol. The number of benzene rings is 1. The van der Waals surface area contributed by atoms with Gasteiger partial charge in [0.2, 0.25) is 5.91 Å². The molecule has 1 aromatic carbocycles. The van der Waals surface area contributed by atoms with Crippen molar-refractivity contribution in [2.45, 2.75) is 37.6 Å². The van der Waals surface area contributed by atoms with Crippen LogP contribution in [0.3, 0.4) is 0 Å². The second kappa shape index (κ2) is 6.07. The molecule has 0 radical (unpaired) electrons. The monoisotopic (exact) mass is 252 g/mol. The predicted molar refractivity (Wildman–Crippen MR) is 74.4 cm³/mol. The van der Waals surface area contributed by atoms with Crippen LogP contribution in [0, 0.1) is 0 Å². The first kappa shape index (κ1) is 14.1. The van der Waals surface area contributed by atoms with Crippen LogP contribution >= 0.6 is 11.8 Å². The number of carbonyl (C=O) groups excluding carboxylic acids is 1. The van der Waals surface area contributed by atoms with Gasteiger partial charge in [-0.15, -0.1) is 11.8 Å². The molecule has 0 bridgehead atoms. The van der Waals surface area contributed by atoms with Crippen molar-refractivity contribution in [2.75, 3.05) is 11.1 Å². The molecule has 0 fully saturated rings. The Labute approximate surface area is 107 Å². The van der Waals surface area contributed by atoms with Crippen LogP contribution in [0.2, 0.25) is 0 Å². The van der Waals surface area contributed by atoms with Gasteiger partial charge in [-0.2, -0.15) is 0 Å². The van der Waals surface area contributed by atoms with E-state index in [9.17, 15) is 4.79 Å². The molecule has 1 amide bonds. The molecule has 94 valence electrons. The van der Waals surface area contributed by atoms with Crippen molar-refractivity contribution in [3.8, 4) is 0 Å². The second-order valence-electron chi connectivity index (χ2n) is 4.64. The van der Waals surface area contributed by atoms with Crippen LogP contribution in [0.4, 0.5) is 5.69 Å². The number of nitrogens with one attached hydrogen (secondary N) is 1. The fourth-order valence-electron chi connectivity index (χ4n) is 1.46. The quantitative estimate of drug-likeness (QED) is 0.792. The Balaban J connectivity index is 2.71. The summed E-state index contributed by atoms with van der Waals surface area (Å²) in [5.74, 6) is 0.941. The summed E-state index contributed by atoms with van der Waals surface area (Å²) in [7, 11) is 0.